The molecule has 0 spiro atoms. The van der Waals surface area contributed by atoms with Gasteiger partial charge in [-0.2, -0.15) is 0 Å². The summed E-state index contributed by atoms with van der Waals surface area (Å²) in [6.45, 7) is 4.29. The highest BCUT2D eigenvalue weighted by atomic mass is 16.3. The number of aliphatic hydroxyl groups excluding tert-OH is 1. The Morgan fingerprint density at radius 1 is 1.27 bits per heavy atom. The molecular weight excluding hydrogens is 190 g/mol. The fourth-order valence-electron chi connectivity index (χ4n) is 2.11. The zero-order valence-corrected chi connectivity index (χ0v) is 10.00. The lowest BCUT2D eigenvalue weighted by molar-refractivity contribution is 0.000395. The highest BCUT2D eigenvalue weighted by Crippen LogP contribution is 2.22. The van der Waals surface area contributed by atoms with Gasteiger partial charge in [0.25, 0.3) is 0 Å². The Labute approximate surface area is 92.9 Å². The molecule has 1 fully saturated rings. The van der Waals surface area contributed by atoms with Crippen LogP contribution in [-0.4, -0.2) is 35.0 Å². The first-order valence-corrected chi connectivity index (χ1v) is 6.10. The second kappa shape index (κ2) is 5.83. The number of aliphatic hydroxyl groups is 2. The predicted molar refractivity (Wildman–Crippen MR) is 61.7 cm³/mol. The fraction of sp³-hybridized carbons (Fsp3) is 1.00. The third kappa shape index (κ3) is 4.96. The van der Waals surface area contributed by atoms with Crippen LogP contribution in [-0.2, 0) is 0 Å². The summed E-state index contributed by atoms with van der Waals surface area (Å²) in [5, 5.41) is 22.0. The van der Waals surface area contributed by atoms with Gasteiger partial charge in [0.2, 0.25) is 0 Å². The van der Waals surface area contributed by atoms with Crippen molar-refractivity contribution in [2.24, 2.45) is 5.92 Å². The summed E-state index contributed by atoms with van der Waals surface area (Å²) in [4.78, 5) is 0. The minimum Gasteiger partial charge on any atom is -0.393 e. The van der Waals surface area contributed by atoms with Crippen LogP contribution < -0.4 is 5.32 Å². The van der Waals surface area contributed by atoms with E-state index >= 15 is 0 Å². The molecule has 0 aromatic carbocycles. The molecule has 0 bridgehead atoms. The number of hydrogen-bond donors (Lipinski definition) is 3. The van der Waals surface area contributed by atoms with Crippen LogP contribution in [0.4, 0.5) is 0 Å². The maximum absolute atomic E-state index is 9.66. The van der Waals surface area contributed by atoms with Crippen LogP contribution in [0.1, 0.15) is 46.0 Å². The van der Waals surface area contributed by atoms with Crippen LogP contribution in [0.25, 0.3) is 0 Å². The molecule has 1 saturated carbocycles. The Bertz CT molecular complexity index is 182. The lowest BCUT2D eigenvalue weighted by atomic mass is 10.0. The Balaban J connectivity index is 2.26. The lowest BCUT2D eigenvalue weighted by Crippen LogP contribution is -2.44. The summed E-state index contributed by atoms with van der Waals surface area (Å²) in [5.74, 6) is 0.843. The van der Waals surface area contributed by atoms with E-state index in [0.29, 0.717) is 12.6 Å². The van der Waals surface area contributed by atoms with E-state index in [1.807, 2.05) is 0 Å². The first-order valence-electron chi connectivity index (χ1n) is 6.10. The molecule has 1 aliphatic rings. The molecule has 15 heavy (non-hydrogen) atoms. The van der Waals surface area contributed by atoms with Gasteiger partial charge in [0.1, 0.15) is 0 Å². The van der Waals surface area contributed by atoms with Gasteiger partial charge in [0.05, 0.1) is 12.2 Å². The molecule has 3 unspecified atom stereocenters. The van der Waals surface area contributed by atoms with Gasteiger partial charge < -0.3 is 15.5 Å². The van der Waals surface area contributed by atoms with Crippen molar-refractivity contribution in [1.29, 1.82) is 0 Å². The SMILES string of the molecule is CC1CCCC(NCC(C)(O)CO)CC1. The van der Waals surface area contributed by atoms with Crippen LogP contribution in [0.3, 0.4) is 0 Å². The summed E-state index contributed by atoms with van der Waals surface area (Å²) in [5.41, 5.74) is -0.974. The number of nitrogens with one attached hydrogen (secondary N) is 1. The molecule has 3 nitrogen and oxygen atoms in total. The summed E-state index contributed by atoms with van der Waals surface area (Å²) in [6, 6.07) is 0.521. The van der Waals surface area contributed by atoms with Gasteiger partial charge in [-0.05, 0) is 32.1 Å². The van der Waals surface area contributed by atoms with Gasteiger partial charge in [-0.1, -0.05) is 19.8 Å². The maximum Gasteiger partial charge on any atom is 0.0972 e. The zero-order chi connectivity index (χ0) is 11.3. The smallest absolute Gasteiger partial charge is 0.0972 e. The summed E-state index contributed by atoms with van der Waals surface area (Å²) in [7, 11) is 0. The average Bonchev–Trinajstić information content (AvgIpc) is 2.40. The van der Waals surface area contributed by atoms with E-state index in [1.165, 1.54) is 32.1 Å². The molecule has 1 rings (SSSR count). The van der Waals surface area contributed by atoms with Crippen molar-refractivity contribution < 1.29 is 10.2 Å². The van der Waals surface area contributed by atoms with E-state index in [9.17, 15) is 5.11 Å². The van der Waals surface area contributed by atoms with Crippen molar-refractivity contribution in [3.63, 3.8) is 0 Å². The molecule has 0 saturated heterocycles. The summed E-state index contributed by atoms with van der Waals surface area (Å²) < 4.78 is 0. The van der Waals surface area contributed by atoms with Gasteiger partial charge in [-0.15, -0.1) is 0 Å². The molecule has 0 heterocycles. The molecule has 3 N–H and O–H groups in total. The van der Waals surface area contributed by atoms with Gasteiger partial charge in [0, 0.05) is 12.6 Å². The van der Waals surface area contributed by atoms with Gasteiger partial charge in [-0.25, -0.2) is 0 Å². The number of rotatable bonds is 4. The Hall–Kier alpha value is -0.120. The predicted octanol–water partition coefficient (Wildman–Crippen LogP) is 1.29. The summed E-state index contributed by atoms with van der Waals surface area (Å²) in [6.07, 6.45) is 6.28. The minimum atomic E-state index is -0.974. The molecule has 3 atom stereocenters. The largest absolute Gasteiger partial charge is 0.393 e. The van der Waals surface area contributed by atoms with E-state index in [-0.39, 0.29) is 6.61 Å². The van der Waals surface area contributed by atoms with Crippen molar-refractivity contribution in [2.75, 3.05) is 13.2 Å². The molecule has 0 radical (unpaired) electrons. The van der Waals surface area contributed by atoms with E-state index < -0.39 is 5.60 Å². The first kappa shape index (κ1) is 12.9. The average molecular weight is 215 g/mol. The van der Waals surface area contributed by atoms with E-state index in [2.05, 4.69) is 12.2 Å². The van der Waals surface area contributed by atoms with Gasteiger partial charge >= 0.3 is 0 Å². The van der Waals surface area contributed by atoms with Crippen molar-refractivity contribution in [3.8, 4) is 0 Å². The zero-order valence-electron chi connectivity index (χ0n) is 10.00. The maximum atomic E-state index is 9.66. The van der Waals surface area contributed by atoms with E-state index in [4.69, 9.17) is 5.11 Å². The molecule has 0 aromatic heterocycles. The molecule has 0 aromatic rings. The second-order valence-corrected chi connectivity index (χ2v) is 5.35. The molecule has 0 aliphatic heterocycles. The number of hydrogen-bond acceptors (Lipinski definition) is 3. The standard InChI is InChI=1S/C12H25NO2/c1-10-4-3-5-11(7-6-10)13-8-12(2,15)9-14/h10-11,13-15H,3-9H2,1-2H3. The van der Waals surface area contributed by atoms with Crippen molar-refractivity contribution >= 4 is 0 Å². The van der Waals surface area contributed by atoms with E-state index in [0.717, 1.165) is 5.92 Å². The highest BCUT2D eigenvalue weighted by Gasteiger charge is 2.22. The Morgan fingerprint density at radius 3 is 2.67 bits per heavy atom. The Kier molecular flexibility index (Phi) is 5.03. The van der Waals surface area contributed by atoms with Crippen molar-refractivity contribution in [2.45, 2.75) is 57.6 Å². The van der Waals surface area contributed by atoms with Gasteiger partial charge in [0.15, 0.2) is 0 Å². The van der Waals surface area contributed by atoms with Gasteiger partial charge in [-0.3, -0.25) is 0 Å². The monoisotopic (exact) mass is 215 g/mol. The quantitative estimate of drug-likeness (QED) is 0.619. The highest BCUT2D eigenvalue weighted by molar-refractivity contribution is 4.79. The van der Waals surface area contributed by atoms with E-state index in [1.54, 1.807) is 6.92 Å². The third-order valence-corrected chi connectivity index (χ3v) is 3.37. The lowest BCUT2D eigenvalue weighted by Gasteiger charge is -2.25. The molecule has 3 heteroatoms. The molecule has 90 valence electrons. The van der Waals surface area contributed by atoms with Crippen LogP contribution in [0.2, 0.25) is 0 Å². The molecule has 0 amide bonds. The first-order chi connectivity index (χ1) is 7.03. The third-order valence-electron chi connectivity index (χ3n) is 3.37. The van der Waals surface area contributed by atoms with Crippen LogP contribution in [0, 0.1) is 5.92 Å². The Morgan fingerprint density at radius 2 is 2.00 bits per heavy atom. The topological polar surface area (TPSA) is 52.5 Å². The minimum absolute atomic E-state index is 0.177. The van der Waals surface area contributed by atoms with Crippen LogP contribution in [0.5, 0.6) is 0 Å². The molecule has 1 aliphatic carbocycles. The van der Waals surface area contributed by atoms with Crippen molar-refractivity contribution in [1.82, 2.24) is 5.32 Å². The molecular formula is C12H25NO2. The normalized spacial score (nSPS) is 32.0. The fourth-order valence-corrected chi connectivity index (χ4v) is 2.11. The van der Waals surface area contributed by atoms with Crippen LogP contribution in [0.15, 0.2) is 0 Å². The second-order valence-electron chi connectivity index (χ2n) is 5.35. The van der Waals surface area contributed by atoms with Crippen LogP contribution >= 0.6 is 0 Å². The van der Waals surface area contributed by atoms with Crippen molar-refractivity contribution in [3.05, 3.63) is 0 Å². The summed E-state index contributed by atoms with van der Waals surface area (Å²) >= 11 is 0.